The SMILES string of the molecule is O=S1CCN(CC2(CO)CC2)CC1. The molecule has 1 aliphatic heterocycles. The highest BCUT2D eigenvalue weighted by Crippen LogP contribution is 2.45. The van der Waals surface area contributed by atoms with Crippen LogP contribution < -0.4 is 0 Å². The van der Waals surface area contributed by atoms with Gasteiger partial charge in [-0.25, -0.2) is 0 Å². The zero-order valence-corrected chi connectivity index (χ0v) is 8.68. The minimum absolute atomic E-state index is 0.221. The van der Waals surface area contributed by atoms with E-state index in [1.165, 1.54) is 12.8 Å². The summed E-state index contributed by atoms with van der Waals surface area (Å²) in [4.78, 5) is 2.35. The van der Waals surface area contributed by atoms with Gasteiger partial charge < -0.3 is 10.0 Å². The maximum atomic E-state index is 11.1. The van der Waals surface area contributed by atoms with Crippen LogP contribution in [-0.4, -0.2) is 52.0 Å². The Kier molecular flexibility index (Phi) is 2.72. The number of hydrogen-bond acceptors (Lipinski definition) is 3. The molecule has 0 atom stereocenters. The van der Waals surface area contributed by atoms with Gasteiger partial charge in [-0.15, -0.1) is 0 Å². The molecule has 0 aromatic heterocycles. The summed E-state index contributed by atoms with van der Waals surface area (Å²) >= 11 is 0. The van der Waals surface area contributed by atoms with Crippen molar-refractivity contribution in [3.8, 4) is 0 Å². The summed E-state index contributed by atoms with van der Waals surface area (Å²) in [6, 6.07) is 0. The van der Waals surface area contributed by atoms with Gasteiger partial charge in [0.1, 0.15) is 0 Å². The Morgan fingerprint density at radius 2 is 1.92 bits per heavy atom. The van der Waals surface area contributed by atoms with Gasteiger partial charge in [0.2, 0.25) is 0 Å². The van der Waals surface area contributed by atoms with Crippen molar-refractivity contribution in [2.75, 3.05) is 37.7 Å². The van der Waals surface area contributed by atoms with Crippen LogP contribution in [0.1, 0.15) is 12.8 Å². The predicted molar refractivity (Wildman–Crippen MR) is 53.1 cm³/mol. The van der Waals surface area contributed by atoms with Crippen molar-refractivity contribution >= 4 is 10.8 Å². The van der Waals surface area contributed by atoms with E-state index in [1.807, 2.05) is 0 Å². The van der Waals surface area contributed by atoms with E-state index in [-0.39, 0.29) is 5.41 Å². The van der Waals surface area contributed by atoms with Gasteiger partial charge in [-0.2, -0.15) is 0 Å². The second-order valence-electron chi connectivity index (χ2n) is 4.28. The smallest absolute Gasteiger partial charge is 0.0499 e. The van der Waals surface area contributed by atoms with Gasteiger partial charge in [-0.3, -0.25) is 4.21 Å². The minimum Gasteiger partial charge on any atom is -0.396 e. The second-order valence-corrected chi connectivity index (χ2v) is 5.98. The molecule has 0 bridgehead atoms. The van der Waals surface area contributed by atoms with Crippen LogP contribution in [0.2, 0.25) is 0 Å². The molecule has 13 heavy (non-hydrogen) atoms. The molecule has 2 aliphatic rings. The highest BCUT2D eigenvalue weighted by molar-refractivity contribution is 7.85. The molecular weight excluding hydrogens is 186 g/mol. The Hall–Kier alpha value is 0.0700. The zero-order valence-electron chi connectivity index (χ0n) is 7.87. The summed E-state index contributed by atoms with van der Waals surface area (Å²) < 4.78 is 11.1. The van der Waals surface area contributed by atoms with Crippen LogP contribution in [0.25, 0.3) is 0 Å². The molecule has 2 rings (SSSR count). The molecule has 1 heterocycles. The standard InChI is InChI=1S/C9H17NO2S/c11-8-9(1-2-9)7-10-3-5-13(12)6-4-10/h11H,1-8H2. The van der Waals surface area contributed by atoms with Crippen molar-refractivity contribution in [1.29, 1.82) is 0 Å². The van der Waals surface area contributed by atoms with Gasteiger partial charge in [-0.05, 0) is 12.8 Å². The topological polar surface area (TPSA) is 40.5 Å². The van der Waals surface area contributed by atoms with Crippen molar-refractivity contribution in [2.45, 2.75) is 12.8 Å². The Labute approximate surface area is 81.6 Å². The quantitative estimate of drug-likeness (QED) is 0.692. The highest BCUT2D eigenvalue weighted by Gasteiger charge is 2.43. The lowest BCUT2D eigenvalue weighted by Gasteiger charge is -2.29. The van der Waals surface area contributed by atoms with Crippen LogP contribution in [0.5, 0.6) is 0 Å². The number of nitrogens with zero attached hydrogens (tertiary/aromatic N) is 1. The predicted octanol–water partition coefficient (Wildman–Crippen LogP) is -0.177. The lowest BCUT2D eigenvalue weighted by atomic mass is 10.1. The van der Waals surface area contributed by atoms with E-state index < -0.39 is 10.8 Å². The Morgan fingerprint density at radius 1 is 1.31 bits per heavy atom. The van der Waals surface area contributed by atoms with E-state index in [0.717, 1.165) is 31.1 Å². The van der Waals surface area contributed by atoms with E-state index in [4.69, 9.17) is 5.11 Å². The number of aliphatic hydroxyl groups excluding tert-OH is 1. The Morgan fingerprint density at radius 3 is 2.38 bits per heavy atom. The largest absolute Gasteiger partial charge is 0.396 e. The van der Waals surface area contributed by atoms with Crippen molar-refractivity contribution in [1.82, 2.24) is 4.90 Å². The summed E-state index contributed by atoms with van der Waals surface area (Å²) in [5.41, 5.74) is 0.221. The van der Waals surface area contributed by atoms with Crippen LogP contribution in [0.3, 0.4) is 0 Å². The lowest BCUT2D eigenvalue weighted by Crippen LogP contribution is -2.41. The van der Waals surface area contributed by atoms with Crippen LogP contribution in [-0.2, 0) is 10.8 Å². The average Bonchev–Trinajstić information content (AvgIpc) is 2.90. The molecule has 0 aromatic rings. The van der Waals surface area contributed by atoms with Crippen LogP contribution in [0.4, 0.5) is 0 Å². The maximum absolute atomic E-state index is 11.1. The van der Waals surface area contributed by atoms with Gasteiger partial charge in [0, 0.05) is 54.0 Å². The summed E-state index contributed by atoms with van der Waals surface area (Å²) in [5.74, 6) is 1.64. The average molecular weight is 203 g/mol. The van der Waals surface area contributed by atoms with E-state index in [2.05, 4.69) is 4.90 Å². The van der Waals surface area contributed by atoms with Crippen molar-refractivity contribution < 1.29 is 9.32 Å². The number of hydrogen-bond donors (Lipinski definition) is 1. The van der Waals surface area contributed by atoms with Crippen molar-refractivity contribution in [3.63, 3.8) is 0 Å². The van der Waals surface area contributed by atoms with E-state index in [1.54, 1.807) is 0 Å². The molecule has 0 aromatic carbocycles. The monoisotopic (exact) mass is 203 g/mol. The molecule has 0 radical (unpaired) electrons. The molecule has 1 saturated heterocycles. The maximum Gasteiger partial charge on any atom is 0.0499 e. The summed E-state index contributed by atoms with van der Waals surface area (Å²) in [5, 5.41) is 9.15. The van der Waals surface area contributed by atoms with Gasteiger partial charge in [0.15, 0.2) is 0 Å². The fourth-order valence-corrected chi connectivity index (χ4v) is 2.98. The molecule has 0 unspecified atom stereocenters. The zero-order chi connectivity index (χ0) is 9.31. The molecule has 0 amide bonds. The number of rotatable bonds is 3. The van der Waals surface area contributed by atoms with Crippen molar-refractivity contribution in [2.24, 2.45) is 5.41 Å². The van der Waals surface area contributed by atoms with Crippen LogP contribution in [0.15, 0.2) is 0 Å². The van der Waals surface area contributed by atoms with Gasteiger partial charge >= 0.3 is 0 Å². The third-order valence-electron chi connectivity index (χ3n) is 3.12. The van der Waals surface area contributed by atoms with Gasteiger partial charge in [0.25, 0.3) is 0 Å². The third-order valence-corrected chi connectivity index (χ3v) is 4.40. The molecule has 2 fully saturated rings. The Balaban J connectivity index is 1.79. The highest BCUT2D eigenvalue weighted by atomic mass is 32.2. The fourth-order valence-electron chi connectivity index (χ4n) is 1.85. The first-order valence-electron chi connectivity index (χ1n) is 4.92. The Bertz CT molecular complexity index is 206. The normalized spacial score (nSPS) is 29.0. The third kappa shape index (κ3) is 2.30. The fraction of sp³-hybridized carbons (Fsp3) is 1.00. The molecule has 76 valence electrons. The van der Waals surface area contributed by atoms with E-state index >= 15 is 0 Å². The first-order chi connectivity index (χ1) is 6.24. The summed E-state index contributed by atoms with van der Waals surface area (Å²) in [7, 11) is -0.575. The molecule has 3 nitrogen and oxygen atoms in total. The molecule has 1 saturated carbocycles. The van der Waals surface area contributed by atoms with Crippen LogP contribution >= 0.6 is 0 Å². The second kappa shape index (κ2) is 3.67. The molecule has 0 spiro atoms. The van der Waals surface area contributed by atoms with Crippen molar-refractivity contribution in [3.05, 3.63) is 0 Å². The first-order valence-corrected chi connectivity index (χ1v) is 6.41. The first kappa shape index (κ1) is 9.62. The van der Waals surface area contributed by atoms with Gasteiger partial charge in [-0.1, -0.05) is 0 Å². The minimum atomic E-state index is -0.575. The molecule has 1 aliphatic carbocycles. The molecular formula is C9H17NO2S. The van der Waals surface area contributed by atoms with Gasteiger partial charge in [0.05, 0.1) is 0 Å². The van der Waals surface area contributed by atoms with Crippen LogP contribution in [0, 0.1) is 5.41 Å². The summed E-state index contributed by atoms with van der Waals surface area (Å²) in [6.07, 6.45) is 2.34. The molecule has 1 N–H and O–H groups in total. The lowest BCUT2D eigenvalue weighted by molar-refractivity contribution is 0.155. The summed E-state index contributed by atoms with van der Waals surface area (Å²) in [6.45, 7) is 3.25. The van der Waals surface area contributed by atoms with E-state index in [0.29, 0.717) is 6.61 Å². The molecule has 4 heteroatoms. The number of aliphatic hydroxyl groups is 1. The van der Waals surface area contributed by atoms with E-state index in [9.17, 15) is 4.21 Å².